The number of H-pyrrole nitrogens is 1. The minimum absolute atomic E-state index is 0.0273. The Morgan fingerprint density at radius 3 is 2.30 bits per heavy atom. The summed E-state index contributed by atoms with van der Waals surface area (Å²) >= 11 is 0. The fourth-order valence-corrected chi connectivity index (χ4v) is 2.80. The van der Waals surface area contributed by atoms with Crippen molar-refractivity contribution in [1.29, 1.82) is 0 Å². The number of phenols is 1. The van der Waals surface area contributed by atoms with Crippen molar-refractivity contribution in [2.24, 2.45) is 5.73 Å². The predicted octanol–water partition coefficient (Wildman–Crippen LogP) is -2.61. The number of amides is 3. The van der Waals surface area contributed by atoms with Crippen LogP contribution in [0.15, 0.2) is 36.8 Å². The number of aliphatic carboxylic acids is 1. The van der Waals surface area contributed by atoms with Crippen LogP contribution in [0.3, 0.4) is 0 Å². The number of carbonyl (C=O) groups excluding carboxylic acids is 3. The molecule has 0 radical (unpaired) electrons. The summed E-state index contributed by atoms with van der Waals surface area (Å²) in [4.78, 5) is 54.7. The van der Waals surface area contributed by atoms with Gasteiger partial charge in [-0.3, -0.25) is 14.4 Å². The lowest BCUT2D eigenvalue weighted by atomic mass is 10.0. The van der Waals surface area contributed by atoms with Gasteiger partial charge in [0.25, 0.3) is 0 Å². The summed E-state index contributed by atoms with van der Waals surface area (Å²) in [6, 6.07) is 2.56. The summed E-state index contributed by atoms with van der Waals surface area (Å²) in [6.07, 6.45) is 3.05. The number of phenolic OH excluding ortho intramolecular Hbond substituents is 1. The molecule has 0 aliphatic heterocycles. The topological polar surface area (TPSA) is 220 Å². The van der Waals surface area contributed by atoms with E-state index in [0.29, 0.717) is 11.3 Å². The number of aromatic hydroxyl groups is 1. The molecule has 0 saturated carbocycles. The Hall–Kier alpha value is -3.97. The van der Waals surface area contributed by atoms with Gasteiger partial charge in [0.2, 0.25) is 17.7 Å². The molecule has 178 valence electrons. The third-order valence-corrected chi connectivity index (χ3v) is 4.58. The number of rotatable bonds is 12. The van der Waals surface area contributed by atoms with E-state index in [1.165, 1.54) is 24.7 Å². The highest BCUT2D eigenvalue weighted by molar-refractivity contribution is 5.92. The molecule has 3 atom stereocenters. The lowest BCUT2D eigenvalue weighted by molar-refractivity contribution is -0.142. The van der Waals surface area contributed by atoms with Crippen molar-refractivity contribution in [3.05, 3.63) is 48.0 Å². The van der Waals surface area contributed by atoms with Crippen molar-refractivity contribution in [2.75, 3.05) is 13.2 Å². The van der Waals surface area contributed by atoms with E-state index in [1.807, 2.05) is 0 Å². The second-order valence-electron chi connectivity index (χ2n) is 7.18. The number of nitrogens with two attached hydrogens (primary N) is 1. The Morgan fingerprint density at radius 1 is 1.03 bits per heavy atom. The van der Waals surface area contributed by atoms with Gasteiger partial charge in [-0.2, -0.15) is 0 Å². The van der Waals surface area contributed by atoms with Crippen molar-refractivity contribution in [3.8, 4) is 5.75 Å². The van der Waals surface area contributed by atoms with E-state index in [1.54, 1.807) is 12.1 Å². The minimum Gasteiger partial charge on any atom is -0.508 e. The molecule has 33 heavy (non-hydrogen) atoms. The fourth-order valence-electron chi connectivity index (χ4n) is 2.80. The molecule has 1 heterocycles. The Kier molecular flexibility index (Phi) is 9.32. The second kappa shape index (κ2) is 12.2. The van der Waals surface area contributed by atoms with Crippen LogP contribution in [-0.2, 0) is 32.0 Å². The van der Waals surface area contributed by atoms with Crippen LogP contribution in [0.2, 0.25) is 0 Å². The number of aromatic amines is 1. The van der Waals surface area contributed by atoms with Crippen LogP contribution >= 0.6 is 0 Å². The molecule has 0 spiro atoms. The fraction of sp³-hybridized carbons (Fsp3) is 0.350. The number of imidazole rings is 1. The Labute approximate surface area is 188 Å². The van der Waals surface area contributed by atoms with Crippen LogP contribution in [0.5, 0.6) is 5.75 Å². The monoisotopic (exact) mass is 462 g/mol. The maximum Gasteiger partial charge on any atom is 0.328 e. The molecule has 0 saturated heterocycles. The quantitative estimate of drug-likeness (QED) is 0.165. The molecular weight excluding hydrogens is 436 g/mol. The number of hydrogen-bond acceptors (Lipinski definition) is 8. The zero-order valence-electron chi connectivity index (χ0n) is 17.5. The SMILES string of the molecule is NC(Cc1ccc(O)cc1)C(=O)NC(Cc1cnc[nH]1)C(=O)NCC(=O)NC(CO)C(=O)O. The molecule has 13 heteroatoms. The maximum absolute atomic E-state index is 12.6. The molecule has 0 aliphatic carbocycles. The number of nitrogens with one attached hydrogen (secondary N) is 4. The molecule has 0 bridgehead atoms. The molecule has 1 aromatic carbocycles. The number of carbonyl (C=O) groups is 4. The van der Waals surface area contributed by atoms with Gasteiger partial charge in [0.05, 0.1) is 25.5 Å². The smallest absolute Gasteiger partial charge is 0.328 e. The van der Waals surface area contributed by atoms with Gasteiger partial charge < -0.3 is 42.0 Å². The number of aromatic nitrogens is 2. The third kappa shape index (κ3) is 8.23. The Balaban J connectivity index is 1.98. The first-order valence-electron chi connectivity index (χ1n) is 9.91. The highest BCUT2D eigenvalue weighted by atomic mass is 16.4. The van der Waals surface area contributed by atoms with Gasteiger partial charge in [-0.05, 0) is 24.1 Å². The van der Waals surface area contributed by atoms with E-state index in [9.17, 15) is 24.3 Å². The largest absolute Gasteiger partial charge is 0.508 e. The first-order valence-corrected chi connectivity index (χ1v) is 9.91. The highest BCUT2D eigenvalue weighted by Gasteiger charge is 2.26. The molecule has 3 amide bonds. The van der Waals surface area contributed by atoms with Crippen LogP contribution in [-0.4, -0.2) is 80.3 Å². The van der Waals surface area contributed by atoms with Crippen molar-refractivity contribution >= 4 is 23.7 Å². The average Bonchev–Trinajstić information content (AvgIpc) is 3.29. The van der Waals surface area contributed by atoms with Crippen LogP contribution in [0.1, 0.15) is 11.3 Å². The van der Waals surface area contributed by atoms with Crippen LogP contribution in [0.25, 0.3) is 0 Å². The van der Waals surface area contributed by atoms with E-state index in [2.05, 4.69) is 25.9 Å². The highest BCUT2D eigenvalue weighted by Crippen LogP contribution is 2.11. The molecule has 2 rings (SSSR count). The Morgan fingerprint density at radius 2 is 1.73 bits per heavy atom. The maximum atomic E-state index is 12.6. The van der Waals surface area contributed by atoms with Crippen LogP contribution < -0.4 is 21.7 Å². The second-order valence-corrected chi connectivity index (χ2v) is 7.18. The number of benzene rings is 1. The molecule has 3 unspecified atom stereocenters. The van der Waals surface area contributed by atoms with Crippen LogP contribution in [0.4, 0.5) is 0 Å². The van der Waals surface area contributed by atoms with Gasteiger partial charge in [0, 0.05) is 18.3 Å². The molecule has 9 N–H and O–H groups in total. The summed E-state index contributed by atoms with van der Waals surface area (Å²) in [5.74, 6) is -3.50. The zero-order chi connectivity index (χ0) is 24.4. The van der Waals surface area contributed by atoms with Gasteiger partial charge in [-0.1, -0.05) is 12.1 Å². The third-order valence-electron chi connectivity index (χ3n) is 4.58. The summed E-state index contributed by atoms with van der Waals surface area (Å²) < 4.78 is 0. The van der Waals surface area contributed by atoms with E-state index in [0.717, 1.165) is 0 Å². The van der Waals surface area contributed by atoms with Gasteiger partial charge >= 0.3 is 5.97 Å². The van der Waals surface area contributed by atoms with Crippen molar-refractivity contribution in [3.63, 3.8) is 0 Å². The number of carboxylic acid groups (broad SMARTS) is 1. The summed E-state index contributed by atoms with van der Waals surface area (Å²) in [6.45, 7) is -1.38. The first-order chi connectivity index (χ1) is 15.7. The molecule has 0 fully saturated rings. The van der Waals surface area contributed by atoms with Crippen molar-refractivity contribution < 1.29 is 34.5 Å². The van der Waals surface area contributed by atoms with Gasteiger partial charge in [-0.15, -0.1) is 0 Å². The zero-order valence-corrected chi connectivity index (χ0v) is 17.5. The molecule has 1 aromatic heterocycles. The summed E-state index contributed by atoms with van der Waals surface area (Å²) in [5.41, 5.74) is 7.21. The minimum atomic E-state index is -1.51. The molecule has 2 aromatic rings. The van der Waals surface area contributed by atoms with Gasteiger partial charge in [-0.25, -0.2) is 9.78 Å². The number of aliphatic hydroxyl groups excluding tert-OH is 1. The van der Waals surface area contributed by atoms with Crippen LogP contribution in [0, 0.1) is 0 Å². The van der Waals surface area contributed by atoms with E-state index >= 15 is 0 Å². The van der Waals surface area contributed by atoms with E-state index < -0.39 is 55.0 Å². The lowest BCUT2D eigenvalue weighted by Gasteiger charge is -2.20. The number of carboxylic acids is 1. The van der Waals surface area contributed by atoms with E-state index in [4.69, 9.17) is 15.9 Å². The van der Waals surface area contributed by atoms with Gasteiger partial charge in [0.1, 0.15) is 17.8 Å². The average molecular weight is 462 g/mol. The predicted molar refractivity (Wildman–Crippen MR) is 114 cm³/mol. The normalized spacial score (nSPS) is 13.4. The summed E-state index contributed by atoms with van der Waals surface area (Å²) in [5, 5.41) is 34.1. The standard InChI is InChI=1S/C20H26N6O7/c21-14(5-11-1-3-13(28)4-2-11)18(30)26-15(6-12-7-22-10-24-12)19(31)23-8-17(29)25-16(9-27)20(32)33/h1-4,7,10,14-16,27-28H,5-6,8-9,21H2,(H,22,24)(H,23,31)(H,25,29)(H,26,30)(H,32,33). The number of nitrogens with zero attached hydrogens (tertiary/aromatic N) is 1. The number of aliphatic hydroxyl groups is 1. The van der Waals surface area contributed by atoms with Crippen molar-refractivity contribution in [2.45, 2.75) is 31.0 Å². The molecular formula is C20H26N6O7. The Bertz CT molecular complexity index is 948. The lowest BCUT2D eigenvalue weighted by Crippen LogP contribution is -2.54. The van der Waals surface area contributed by atoms with Crippen molar-refractivity contribution in [1.82, 2.24) is 25.9 Å². The first kappa shape index (κ1) is 25.3. The van der Waals surface area contributed by atoms with Gasteiger partial charge in [0.15, 0.2) is 0 Å². The summed E-state index contributed by atoms with van der Waals surface area (Å²) in [7, 11) is 0. The van der Waals surface area contributed by atoms with E-state index in [-0.39, 0.29) is 18.6 Å². The molecule has 0 aliphatic rings. The number of hydrogen-bond donors (Lipinski definition) is 8. The molecule has 13 nitrogen and oxygen atoms in total.